The van der Waals surface area contributed by atoms with E-state index in [-0.39, 0.29) is 12.3 Å². The van der Waals surface area contributed by atoms with E-state index < -0.39 is 11.9 Å². The van der Waals surface area contributed by atoms with Crippen molar-refractivity contribution in [3.63, 3.8) is 0 Å². The lowest BCUT2D eigenvalue weighted by Crippen LogP contribution is -2.26. The van der Waals surface area contributed by atoms with Crippen LogP contribution in [0.2, 0.25) is 0 Å². The third-order valence-corrected chi connectivity index (χ3v) is 2.83. The molecular formula is C14H19NO3. The van der Waals surface area contributed by atoms with Gasteiger partial charge >= 0.3 is 5.97 Å². The van der Waals surface area contributed by atoms with Gasteiger partial charge in [-0.25, -0.2) is 0 Å². The van der Waals surface area contributed by atoms with Crippen LogP contribution in [0.25, 0.3) is 0 Å². The predicted molar refractivity (Wildman–Crippen MR) is 69.1 cm³/mol. The smallest absolute Gasteiger partial charge is 0.306 e. The minimum absolute atomic E-state index is 0.0162. The number of carbonyl (C=O) groups is 2. The van der Waals surface area contributed by atoms with Crippen LogP contribution in [0.1, 0.15) is 31.4 Å². The van der Waals surface area contributed by atoms with Crippen LogP contribution in [0.15, 0.2) is 24.3 Å². The fourth-order valence-electron chi connectivity index (χ4n) is 1.53. The van der Waals surface area contributed by atoms with Gasteiger partial charge in [-0.1, -0.05) is 38.1 Å². The Morgan fingerprint density at radius 2 is 1.78 bits per heavy atom. The largest absolute Gasteiger partial charge is 0.481 e. The van der Waals surface area contributed by atoms with Crippen molar-refractivity contribution in [3.8, 4) is 0 Å². The van der Waals surface area contributed by atoms with Gasteiger partial charge in [0.2, 0.25) is 5.91 Å². The molecule has 0 spiro atoms. The Labute approximate surface area is 107 Å². The summed E-state index contributed by atoms with van der Waals surface area (Å²) in [5, 5.41) is 11.4. The highest BCUT2D eigenvalue weighted by molar-refractivity contribution is 5.81. The molecule has 0 bridgehead atoms. The standard InChI is InChI=1S/C14H19NO3/c1-3-11-4-6-12(7-5-11)9-15-13(16)8-10(2)14(17)18/h4-7,10H,3,8-9H2,1-2H3,(H,15,16)(H,17,18). The number of rotatable bonds is 6. The van der Waals surface area contributed by atoms with Crippen molar-refractivity contribution in [2.45, 2.75) is 33.2 Å². The molecule has 0 aliphatic rings. The van der Waals surface area contributed by atoms with Gasteiger partial charge in [-0.2, -0.15) is 0 Å². The molecular weight excluding hydrogens is 230 g/mol. The molecule has 0 aromatic heterocycles. The number of nitrogens with one attached hydrogen (secondary N) is 1. The van der Waals surface area contributed by atoms with E-state index in [2.05, 4.69) is 12.2 Å². The van der Waals surface area contributed by atoms with Gasteiger partial charge in [0.1, 0.15) is 0 Å². The Bertz CT molecular complexity index is 412. The second-order valence-corrected chi connectivity index (χ2v) is 4.39. The number of aliphatic carboxylic acids is 1. The maximum atomic E-state index is 11.5. The van der Waals surface area contributed by atoms with Gasteiger partial charge in [0.25, 0.3) is 0 Å². The Morgan fingerprint density at radius 3 is 2.28 bits per heavy atom. The number of carbonyl (C=O) groups excluding carboxylic acids is 1. The van der Waals surface area contributed by atoms with Gasteiger partial charge in [0.15, 0.2) is 0 Å². The fourth-order valence-corrected chi connectivity index (χ4v) is 1.53. The monoisotopic (exact) mass is 249 g/mol. The molecule has 1 amide bonds. The molecule has 0 saturated heterocycles. The quantitative estimate of drug-likeness (QED) is 0.810. The zero-order chi connectivity index (χ0) is 13.5. The minimum Gasteiger partial charge on any atom is -0.481 e. The van der Waals surface area contributed by atoms with E-state index in [0.717, 1.165) is 12.0 Å². The molecule has 0 aliphatic carbocycles. The van der Waals surface area contributed by atoms with Crippen LogP contribution in [0.5, 0.6) is 0 Å². The SMILES string of the molecule is CCc1ccc(CNC(=O)CC(C)C(=O)O)cc1. The average Bonchev–Trinajstić information content (AvgIpc) is 2.36. The zero-order valence-corrected chi connectivity index (χ0v) is 10.8. The maximum absolute atomic E-state index is 11.5. The first-order valence-electron chi connectivity index (χ1n) is 6.10. The molecule has 0 heterocycles. The van der Waals surface area contributed by atoms with E-state index in [1.54, 1.807) is 0 Å². The van der Waals surface area contributed by atoms with Gasteiger partial charge in [-0.3, -0.25) is 9.59 Å². The molecule has 98 valence electrons. The summed E-state index contributed by atoms with van der Waals surface area (Å²) in [6, 6.07) is 8.00. The average molecular weight is 249 g/mol. The second-order valence-electron chi connectivity index (χ2n) is 4.39. The van der Waals surface area contributed by atoms with Crippen LogP contribution >= 0.6 is 0 Å². The van der Waals surface area contributed by atoms with E-state index >= 15 is 0 Å². The molecule has 4 heteroatoms. The van der Waals surface area contributed by atoms with Crippen molar-refractivity contribution in [1.82, 2.24) is 5.32 Å². The lowest BCUT2D eigenvalue weighted by atomic mass is 10.1. The molecule has 0 fully saturated rings. The van der Waals surface area contributed by atoms with E-state index in [9.17, 15) is 9.59 Å². The molecule has 4 nitrogen and oxygen atoms in total. The molecule has 0 aliphatic heterocycles. The number of hydrogen-bond acceptors (Lipinski definition) is 2. The van der Waals surface area contributed by atoms with Crippen molar-refractivity contribution in [1.29, 1.82) is 0 Å². The van der Waals surface area contributed by atoms with Gasteiger partial charge in [-0.15, -0.1) is 0 Å². The van der Waals surface area contributed by atoms with E-state index in [0.29, 0.717) is 6.54 Å². The van der Waals surface area contributed by atoms with Crippen LogP contribution < -0.4 is 5.32 Å². The van der Waals surface area contributed by atoms with E-state index in [1.165, 1.54) is 12.5 Å². The highest BCUT2D eigenvalue weighted by Crippen LogP contribution is 2.06. The summed E-state index contributed by atoms with van der Waals surface area (Å²) in [6.45, 7) is 4.05. The van der Waals surface area contributed by atoms with Crippen molar-refractivity contribution in [2.24, 2.45) is 5.92 Å². The van der Waals surface area contributed by atoms with Crippen molar-refractivity contribution < 1.29 is 14.7 Å². The Kier molecular flexibility index (Phi) is 5.36. The first kappa shape index (κ1) is 14.2. The number of amides is 1. The van der Waals surface area contributed by atoms with Crippen LogP contribution in [0.3, 0.4) is 0 Å². The lowest BCUT2D eigenvalue weighted by Gasteiger charge is -2.08. The molecule has 18 heavy (non-hydrogen) atoms. The van der Waals surface area contributed by atoms with Crippen LogP contribution in [0, 0.1) is 5.92 Å². The summed E-state index contributed by atoms with van der Waals surface area (Å²) < 4.78 is 0. The summed E-state index contributed by atoms with van der Waals surface area (Å²) >= 11 is 0. The summed E-state index contributed by atoms with van der Waals surface area (Å²) in [7, 11) is 0. The molecule has 0 saturated carbocycles. The van der Waals surface area contributed by atoms with Crippen LogP contribution in [-0.2, 0) is 22.6 Å². The van der Waals surface area contributed by atoms with Crippen molar-refractivity contribution in [2.75, 3.05) is 0 Å². The number of hydrogen-bond donors (Lipinski definition) is 2. The molecule has 2 N–H and O–H groups in total. The predicted octanol–water partition coefficient (Wildman–Crippen LogP) is 1.98. The molecule has 1 unspecified atom stereocenters. The number of carboxylic acid groups (broad SMARTS) is 1. The Hall–Kier alpha value is -1.84. The van der Waals surface area contributed by atoms with Crippen LogP contribution in [0.4, 0.5) is 0 Å². The summed E-state index contributed by atoms with van der Waals surface area (Å²) in [4.78, 5) is 22.1. The van der Waals surface area contributed by atoms with E-state index in [1.807, 2.05) is 24.3 Å². The summed E-state index contributed by atoms with van der Waals surface area (Å²) in [6.07, 6.45) is 1.01. The van der Waals surface area contributed by atoms with Crippen molar-refractivity contribution >= 4 is 11.9 Å². The topological polar surface area (TPSA) is 66.4 Å². The highest BCUT2D eigenvalue weighted by Gasteiger charge is 2.15. The summed E-state index contributed by atoms with van der Waals surface area (Å²) in [5.74, 6) is -1.82. The molecule has 1 atom stereocenters. The van der Waals surface area contributed by atoms with Crippen LogP contribution in [-0.4, -0.2) is 17.0 Å². The third-order valence-electron chi connectivity index (χ3n) is 2.83. The number of aryl methyl sites for hydroxylation is 1. The number of carboxylic acids is 1. The van der Waals surface area contributed by atoms with Gasteiger partial charge in [-0.05, 0) is 17.5 Å². The highest BCUT2D eigenvalue weighted by atomic mass is 16.4. The van der Waals surface area contributed by atoms with E-state index in [4.69, 9.17) is 5.11 Å². The fraction of sp³-hybridized carbons (Fsp3) is 0.429. The lowest BCUT2D eigenvalue weighted by molar-refractivity contribution is -0.143. The van der Waals surface area contributed by atoms with Gasteiger partial charge in [0, 0.05) is 13.0 Å². The Morgan fingerprint density at radius 1 is 1.22 bits per heavy atom. The van der Waals surface area contributed by atoms with Crippen molar-refractivity contribution in [3.05, 3.63) is 35.4 Å². The zero-order valence-electron chi connectivity index (χ0n) is 10.8. The number of benzene rings is 1. The maximum Gasteiger partial charge on any atom is 0.306 e. The Balaban J connectivity index is 2.40. The molecule has 1 rings (SSSR count). The molecule has 0 radical (unpaired) electrons. The first-order valence-corrected chi connectivity index (χ1v) is 6.10. The second kappa shape index (κ2) is 6.79. The summed E-state index contributed by atoms with van der Waals surface area (Å²) in [5.41, 5.74) is 2.27. The first-order chi connectivity index (χ1) is 8.52. The minimum atomic E-state index is -0.947. The third kappa shape index (κ3) is 4.57. The molecule has 1 aromatic carbocycles. The normalized spacial score (nSPS) is 11.9. The molecule has 1 aromatic rings. The van der Waals surface area contributed by atoms with Gasteiger partial charge < -0.3 is 10.4 Å². The van der Waals surface area contributed by atoms with Gasteiger partial charge in [0.05, 0.1) is 5.92 Å².